The van der Waals surface area contributed by atoms with Crippen LogP contribution in [0.2, 0.25) is 0 Å². The van der Waals surface area contributed by atoms with Gasteiger partial charge in [-0.1, -0.05) is 0 Å². The fourth-order valence-corrected chi connectivity index (χ4v) is 2.31. The highest BCUT2D eigenvalue weighted by molar-refractivity contribution is 9.38. The van der Waals surface area contributed by atoms with E-state index in [9.17, 15) is 0 Å². The highest BCUT2D eigenvalue weighted by atomic mass is 79.9. The molecule has 1 saturated heterocycles. The Morgan fingerprint density at radius 3 is 2.71 bits per heavy atom. The van der Waals surface area contributed by atoms with Crippen LogP contribution in [0.25, 0.3) is 0 Å². The minimum atomic E-state index is -0.692. The first-order valence-corrected chi connectivity index (χ1v) is 5.24. The van der Waals surface area contributed by atoms with Crippen LogP contribution >= 0.6 is 22.6 Å². The Kier molecular flexibility index (Phi) is 2.04. The number of hydrogen-bond acceptors (Lipinski definition) is 2. The monoisotopic (exact) mass is 184 g/mol. The summed E-state index contributed by atoms with van der Waals surface area (Å²) in [6, 6.07) is 0. The van der Waals surface area contributed by atoms with Crippen LogP contribution < -0.4 is 0 Å². The third kappa shape index (κ3) is 1.65. The number of hydrogen-bond donors (Lipinski definition) is 0. The molecule has 2 atom stereocenters. The molecule has 4 heteroatoms. The Morgan fingerprint density at radius 1 is 1.86 bits per heavy atom. The predicted octanol–water partition coefficient (Wildman–Crippen LogP) is 2.04. The third-order valence-electron chi connectivity index (χ3n) is 0.674. The molecule has 0 saturated carbocycles. The molecule has 2 nitrogen and oxygen atoms in total. The molecule has 0 aromatic carbocycles. The second-order valence-electron chi connectivity index (χ2n) is 1.42. The van der Waals surface area contributed by atoms with E-state index in [4.69, 9.17) is 9.05 Å². The Labute approximate surface area is 51.8 Å². The Hall–Kier alpha value is 0.830. The maximum atomic E-state index is 5.12. The summed E-state index contributed by atoms with van der Waals surface area (Å²) < 4.78 is 10.1. The molecule has 1 aliphatic heterocycles. The second-order valence-corrected chi connectivity index (χ2v) is 4.06. The van der Waals surface area contributed by atoms with Gasteiger partial charge in [-0.15, -0.1) is 0 Å². The van der Waals surface area contributed by atoms with Crippen LogP contribution in [0.3, 0.4) is 0 Å². The van der Waals surface area contributed by atoms with E-state index < -0.39 is 7.08 Å². The van der Waals surface area contributed by atoms with E-state index in [2.05, 4.69) is 15.5 Å². The molecule has 0 aliphatic carbocycles. The summed E-state index contributed by atoms with van der Waals surface area (Å²) in [5.41, 5.74) is 0. The van der Waals surface area contributed by atoms with Crippen molar-refractivity contribution in [3.05, 3.63) is 0 Å². The minimum Gasteiger partial charge on any atom is -0.323 e. The van der Waals surface area contributed by atoms with Gasteiger partial charge in [-0.05, 0) is 6.92 Å². The minimum absolute atomic E-state index is 0.283. The van der Waals surface area contributed by atoms with Crippen LogP contribution in [-0.4, -0.2) is 12.7 Å². The van der Waals surface area contributed by atoms with E-state index in [0.29, 0.717) is 0 Å². The molecule has 0 aromatic heterocycles. The van der Waals surface area contributed by atoms with Gasteiger partial charge in [-0.2, -0.15) is 0 Å². The molecule has 0 bridgehead atoms. The van der Waals surface area contributed by atoms with Crippen molar-refractivity contribution in [2.45, 2.75) is 13.0 Å². The first kappa shape index (κ1) is 5.96. The standard InChI is InChI=1S/C3H6BrO2P/c1-3-2-5-7(4)6-3/h3H,2H2,1H3. The lowest BCUT2D eigenvalue weighted by Crippen LogP contribution is -1.99. The first-order valence-electron chi connectivity index (χ1n) is 2.04. The van der Waals surface area contributed by atoms with Gasteiger partial charge in [0.05, 0.1) is 12.7 Å². The molecule has 1 rings (SSSR count). The van der Waals surface area contributed by atoms with Crippen LogP contribution in [0, 0.1) is 0 Å². The normalized spacial score (nSPS) is 42.0. The largest absolute Gasteiger partial charge is 0.323 e. The van der Waals surface area contributed by atoms with E-state index in [1.165, 1.54) is 0 Å². The van der Waals surface area contributed by atoms with Gasteiger partial charge in [0.25, 0.3) is 0 Å². The molecule has 1 aliphatic rings. The quantitative estimate of drug-likeness (QED) is 0.537. The summed E-state index contributed by atoms with van der Waals surface area (Å²) in [7, 11) is -0.692. The average molecular weight is 185 g/mol. The van der Waals surface area contributed by atoms with Crippen molar-refractivity contribution < 1.29 is 9.05 Å². The number of halogens is 1. The summed E-state index contributed by atoms with van der Waals surface area (Å²) >= 11 is 3.20. The van der Waals surface area contributed by atoms with Crippen molar-refractivity contribution in [3.8, 4) is 0 Å². The molecular weight excluding hydrogens is 179 g/mol. The lowest BCUT2D eigenvalue weighted by atomic mass is 10.5. The van der Waals surface area contributed by atoms with Crippen LogP contribution in [0.1, 0.15) is 6.92 Å². The lowest BCUT2D eigenvalue weighted by Gasteiger charge is -1.94. The van der Waals surface area contributed by atoms with Crippen LogP contribution in [-0.2, 0) is 9.05 Å². The lowest BCUT2D eigenvalue weighted by molar-refractivity contribution is 0.263. The van der Waals surface area contributed by atoms with E-state index in [-0.39, 0.29) is 6.10 Å². The van der Waals surface area contributed by atoms with Crippen molar-refractivity contribution >= 4 is 22.6 Å². The van der Waals surface area contributed by atoms with E-state index in [1.807, 2.05) is 6.92 Å². The number of rotatable bonds is 0. The predicted molar refractivity (Wildman–Crippen MR) is 32.3 cm³/mol. The Morgan fingerprint density at radius 2 is 2.57 bits per heavy atom. The van der Waals surface area contributed by atoms with Crippen molar-refractivity contribution in [3.63, 3.8) is 0 Å². The summed E-state index contributed by atoms with van der Waals surface area (Å²) in [4.78, 5) is 0. The van der Waals surface area contributed by atoms with E-state index in [1.54, 1.807) is 0 Å². The van der Waals surface area contributed by atoms with Gasteiger partial charge in [0.2, 0.25) is 7.08 Å². The zero-order valence-electron chi connectivity index (χ0n) is 3.93. The highest BCUT2D eigenvalue weighted by Crippen LogP contribution is 2.51. The highest BCUT2D eigenvalue weighted by Gasteiger charge is 2.19. The fraction of sp³-hybridized carbons (Fsp3) is 1.00. The van der Waals surface area contributed by atoms with Gasteiger partial charge in [0, 0.05) is 15.5 Å². The molecule has 1 heterocycles. The summed E-state index contributed by atoms with van der Waals surface area (Å²) in [5.74, 6) is 0. The smallest absolute Gasteiger partial charge is 0.247 e. The first-order chi connectivity index (χ1) is 3.29. The Balaban J connectivity index is 2.26. The van der Waals surface area contributed by atoms with Gasteiger partial charge >= 0.3 is 0 Å². The topological polar surface area (TPSA) is 18.5 Å². The molecule has 0 amide bonds. The van der Waals surface area contributed by atoms with Gasteiger partial charge in [0.1, 0.15) is 0 Å². The zero-order chi connectivity index (χ0) is 5.28. The van der Waals surface area contributed by atoms with Crippen LogP contribution in [0.4, 0.5) is 0 Å². The zero-order valence-corrected chi connectivity index (χ0v) is 6.41. The summed E-state index contributed by atoms with van der Waals surface area (Å²) in [6.07, 6.45) is 0.283. The van der Waals surface area contributed by atoms with Crippen molar-refractivity contribution in [2.24, 2.45) is 0 Å². The summed E-state index contributed by atoms with van der Waals surface area (Å²) in [5, 5.41) is 0. The van der Waals surface area contributed by atoms with Crippen LogP contribution in [0.15, 0.2) is 0 Å². The van der Waals surface area contributed by atoms with E-state index in [0.717, 1.165) is 6.61 Å². The second kappa shape index (κ2) is 2.40. The molecule has 2 unspecified atom stereocenters. The van der Waals surface area contributed by atoms with Crippen LogP contribution in [0.5, 0.6) is 0 Å². The SMILES string of the molecule is CC1COP(Br)O1. The van der Waals surface area contributed by atoms with Gasteiger partial charge in [0.15, 0.2) is 0 Å². The summed E-state index contributed by atoms with van der Waals surface area (Å²) in [6.45, 7) is 2.72. The molecular formula is C3H6BrO2P. The van der Waals surface area contributed by atoms with Gasteiger partial charge in [-0.3, -0.25) is 0 Å². The average Bonchev–Trinajstić information content (AvgIpc) is 1.87. The Bertz CT molecular complexity index is 62.0. The molecule has 1 fully saturated rings. The molecule has 0 radical (unpaired) electrons. The molecule has 0 spiro atoms. The maximum absolute atomic E-state index is 5.12. The van der Waals surface area contributed by atoms with Gasteiger partial charge in [-0.25, -0.2) is 0 Å². The van der Waals surface area contributed by atoms with Gasteiger partial charge < -0.3 is 9.05 Å². The van der Waals surface area contributed by atoms with Crippen molar-refractivity contribution in [1.29, 1.82) is 0 Å². The molecule has 0 aromatic rings. The maximum Gasteiger partial charge on any atom is 0.247 e. The molecule has 7 heavy (non-hydrogen) atoms. The van der Waals surface area contributed by atoms with Crippen molar-refractivity contribution in [2.75, 3.05) is 6.61 Å². The third-order valence-corrected chi connectivity index (χ3v) is 2.67. The van der Waals surface area contributed by atoms with Crippen molar-refractivity contribution in [1.82, 2.24) is 0 Å². The molecule has 42 valence electrons. The fourth-order valence-electron chi connectivity index (χ4n) is 0.366. The van der Waals surface area contributed by atoms with E-state index >= 15 is 0 Å². The molecule has 0 N–H and O–H groups in total.